The highest BCUT2D eigenvalue weighted by Gasteiger charge is 2.34. The number of halogens is 1. The minimum Gasteiger partial charge on any atom is -0.333 e. The molecule has 1 fully saturated rings. The van der Waals surface area contributed by atoms with Gasteiger partial charge in [0.15, 0.2) is 0 Å². The Kier molecular flexibility index (Phi) is 4.98. The molecular weight excluding hydrogens is 267 g/mol. The summed E-state index contributed by atoms with van der Waals surface area (Å²) in [6, 6.07) is 4.87. The third-order valence-electron chi connectivity index (χ3n) is 4.03. The quantitative estimate of drug-likeness (QED) is 0.850. The van der Waals surface area contributed by atoms with Crippen molar-refractivity contribution in [1.29, 1.82) is 0 Å². The lowest BCUT2D eigenvalue weighted by Gasteiger charge is -2.28. The van der Waals surface area contributed by atoms with Crippen LogP contribution in [0.1, 0.15) is 49.0 Å². The van der Waals surface area contributed by atoms with Crippen LogP contribution in [0.25, 0.3) is 0 Å². The summed E-state index contributed by atoms with van der Waals surface area (Å²) in [5.41, 5.74) is 5.96. The molecule has 0 spiro atoms. The fraction of sp³-hybridized carbons (Fsp3) is 0.471. The second-order valence-electron chi connectivity index (χ2n) is 5.40. The number of hydrogen-bond donors (Lipinski definition) is 1. The van der Waals surface area contributed by atoms with Crippen LogP contribution >= 0.6 is 0 Å². The molecule has 3 nitrogen and oxygen atoms in total. The third kappa shape index (κ3) is 3.25. The van der Waals surface area contributed by atoms with Gasteiger partial charge in [0.2, 0.25) is 0 Å². The molecule has 2 atom stereocenters. The van der Waals surface area contributed by atoms with Crippen LogP contribution in [0.15, 0.2) is 18.2 Å². The van der Waals surface area contributed by atoms with Crippen molar-refractivity contribution < 1.29 is 9.18 Å². The average molecular weight is 288 g/mol. The predicted octanol–water partition coefficient (Wildman–Crippen LogP) is 2.54. The lowest BCUT2D eigenvalue weighted by molar-refractivity contribution is 0.0671. The standard InChI is InChI=1S/C17H21FN2O/c1-3-14-8-6-12(2)20(14)17(21)15-9-7-13(5-4-10-19)11-16(15)18/h7,9,11-12,14H,3,6,8,10,19H2,1-2H3. The smallest absolute Gasteiger partial charge is 0.257 e. The predicted molar refractivity (Wildman–Crippen MR) is 81.3 cm³/mol. The van der Waals surface area contributed by atoms with Gasteiger partial charge < -0.3 is 10.6 Å². The Labute approximate surface area is 125 Å². The molecule has 2 N–H and O–H groups in total. The Balaban J connectivity index is 2.27. The van der Waals surface area contributed by atoms with Crippen LogP contribution in [0, 0.1) is 17.7 Å². The van der Waals surface area contributed by atoms with Gasteiger partial charge in [-0.15, -0.1) is 0 Å². The Morgan fingerprint density at radius 2 is 2.24 bits per heavy atom. The Bertz CT molecular complexity index is 588. The molecule has 0 radical (unpaired) electrons. The fourth-order valence-electron chi connectivity index (χ4n) is 2.90. The van der Waals surface area contributed by atoms with Crippen molar-refractivity contribution in [3.8, 4) is 11.8 Å². The number of amides is 1. The molecule has 1 amide bonds. The van der Waals surface area contributed by atoms with E-state index in [-0.39, 0.29) is 30.1 Å². The van der Waals surface area contributed by atoms with Gasteiger partial charge in [0.1, 0.15) is 5.82 Å². The molecule has 0 aromatic heterocycles. The van der Waals surface area contributed by atoms with Gasteiger partial charge in [0, 0.05) is 17.6 Å². The van der Waals surface area contributed by atoms with Crippen LogP contribution in [0.5, 0.6) is 0 Å². The second-order valence-corrected chi connectivity index (χ2v) is 5.40. The van der Waals surface area contributed by atoms with Gasteiger partial charge in [-0.3, -0.25) is 4.79 Å². The monoisotopic (exact) mass is 288 g/mol. The number of rotatable bonds is 2. The molecule has 0 saturated carbocycles. The molecule has 112 valence electrons. The van der Waals surface area contributed by atoms with Gasteiger partial charge in [0.25, 0.3) is 5.91 Å². The molecule has 1 aliphatic rings. The zero-order chi connectivity index (χ0) is 15.4. The lowest BCUT2D eigenvalue weighted by atomic mass is 10.1. The maximum atomic E-state index is 14.2. The van der Waals surface area contributed by atoms with E-state index in [0.29, 0.717) is 5.56 Å². The van der Waals surface area contributed by atoms with Crippen molar-refractivity contribution in [1.82, 2.24) is 4.90 Å². The Morgan fingerprint density at radius 1 is 1.48 bits per heavy atom. The molecule has 2 unspecified atom stereocenters. The molecule has 1 saturated heterocycles. The van der Waals surface area contributed by atoms with Gasteiger partial charge in [-0.2, -0.15) is 0 Å². The van der Waals surface area contributed by atoms with Crippen LogP contribution in [0.2, 0.25) is 0 Å². The number of nitrogens with two attached hydrogens (primary N) is 1. The fourth-order valence-corrected chi connectivity index (χ4v) is 2.90. The van der Waals surface area contributed by atoms with Crippen molar-refractivity contribution in [3.05, 3.63) is 35.1 Å². The molecule has 1 aromatic rings. The van der Waals surface area contributed by atoms with Crippen molar-refractivity contribution >= 4 is 5.91 Å². The number of nitrogens with zero attached hydrogens (tertiary/aromatic N) is 1. The van der Waals surface area contributed by atoms with E-state index in [0.717, 1.165) is 19.3 Å². The van der Waals surface area contributed by atoms with Crippen LogP contribution < -0.4 is 5.73 Å². The molecular formula is C17H21FN2O. The van der Waals surface area contributed by atoms with E-state index < -0.39 is 5.82 Å². The summed E-state index contributed by atoms with van der Waals surface area (Å²) in [6.07, 6.45) is 2.87. The van der Waals surface area contributed by atoms with Crippen LogP contribution in [0.3, 0.4) is 0 Å². The maximum absolute atomic E-state index is 14.2. The van der Waals surface area contributed by atoms with Crippen molar-refractivity contribution in [3.63, 3.8) is 0 Å². The normalized spacial score (nSPS) is 21.0. The van der Waals surface area contributed by atoms with Crippen LogP contribution in [-0.4, -0.2) is 29.4 Å². The number of carbonyl (C=O) groups is 1. The summed E-state index contributed by atoms with van der Waals surface area (Å²) < 4.78 is 14.2. The van der Waals surface area contributed by atoms with Crippen molar-refractivity contribution in [2.45, 2.75) is 45.2 Å². The summed E-state index contributed by atoms with van der Waals surface area (Å²) in [6.45, 7) is 4.31. The van der Waals surface area contributed by atoms with Crippen molar-refractivity contribution in [2.75, 3.05) is 6.54 Å². The van der Waals surface area contributed by atoms with E-state index in [1.54, 1.807) is 6.07 Å². The average Bonchev–Trinajstić information content (AvgIpc) is 2.85. The number of carbonyl (C=O) groups excluding carboxylic acids is 1. The molecule has 1 aliphatic heterocycles. The van der Waals surface area contributed by atoms with E-state index in [2.05, 4.69) is 18.8 Å². The lowest BCUT2D eigenvalue weighted by Crippen LogP contribution is -2.40. The summed E-state index contributed by atoms with van der Waals surface area (Å²) in [5.74, 6) is 4.71. The second kappa shape index (κ2) is 6.73. The van der Waals surface area contributed by atoms with Gasteiger partial charge in [-0.25, -0.2) is 4.39 Å². The summed E-state index contributed by atoms with van der Waals surface area (Å²) in [7, 11) is 0. The van der Waals surface area contributed by atoms with Crippen LogP contribution in [-0.2, 0) is 0 Å². The first kappa shape index (κ1) is 15.5. The largest absolute Gasteiger partial charge is 0.333 e. The molecule has 1 heterocycles. The minimum atomic E-state index is -0.516. The van der Waals surface area contributed by atoms with Gasteiger partial charge in [-0.05, 0) is 44.4 Å². The summed E-state index contributed by atoms with van der Waals surface area (Å²) in [5, 5.41) is 0. The highest BCUT2D eigenvalue weighted by molar-refractivity contribution is 5.95. The first-order valence-corrected chi connectivity index (χ1v) is 7.39. The Hall–Kier alpha value is -1.86. The molecule has 2 rings (SSSR count). The SMILES string of the molecule is CCC1CCC(C)N1C(=O)c1ccc(C#CCN)cc1F. The van der Waals surface area contributed by atoms with E-state index in [1.807, 2.05) is 11.8 Å². The van der Waals surface area contributed by atoms with Crippen LogP contribution in [0.4, 0.5) is 4.39 Å². The highest BCUT2D eigenvalue weighted by Crippen LogP contribution is 2.28. The first-order chi connectivity index (χ1) is 10.1. The number of benzene rings is 1. The number of likely N-dealkylation sites (tertiary alicyclic amines) is 1. The van der Waals surface area contributed by atoms with E-state index in [1.165, 1.54) is 12.1 Å². The molecule has 1 aromatic carbocycles. The highest BCUT2D eigenvalue weighted by atomic mass is 19.1. The third-order valence-corrected chi connectivity index (χ3v) is 4.03. The first-order valence-electron chi connectivity index (χ1n) is 7.39. The van der Waals surface area contributed by atoms with E-state index >= 15 is 0 Å². The molecule has 0 bridgehead atoms. The zero-order valence-corrected chi connectivity index (χ0v) is 12.5. The molecule has 21 heavy (non-hydrogen) atoms. The summed E-state index contributed by atoms with van der Waals surface area (Å²) in [4.78, 5) is 14.4. The maximum Gasteiger partial charge on any atom is 0.257 e. The number of hydrogen-bond acceptors (Lipinski definition) is 2. The van der Waals surface area contributed by atoms with Gasteiger partial charge in [0.05, 0.1) is 12.1 Å². The topological polar surface area (TPSA) is 46.3 Å². The summed E-state index contributed by atoms with van der Waals surface area (Å²) >= 11 is 0. The van der Waals surface area contributed by atoms with E-state index in [9.17, 15) is 9.18 Å². The van der Waals surface area contributed by atoms with Gasteiger partial charge >= 0.3 is 0 Å². The Morgan fingerprint density at radius 3 is 2.86 bits per heavy atom. The zero-order valence-electron chi connectivity index (χ0n) is 12.5. The molecule has 0 aliphatic carbocycles. The van der Waals surface area contributed by atoms with Crippen molar-refractivity contribution in [2.24, 2.45) is 5.73 Å². The minimum absolute atomic E-state index is 0.125. The van der Waals surface area contributed by atoms with E-state index in [4.69, 9.17) is 5.73 Å². The van der Waals surface area contributed by atoms with Gasteiger partial charge in [-0.1, -0.05) is 18.8 Å². The molecule has 4 heteroatoms.